The Balaban J connectivity index is 1.76. The fraction of sp³-hybridized carbons (Fsp3) is 0.500. The maximum atomic E-state index is 12.2. The average Bonchev–Trinajstić information content (AvgIpc) is 2.78. The number of rotatable bonds is 6. The molecule has 3 rings (SSSR count). The Kier molecular flexibility index (Phi) is 4.60. The summed E-state index contributed by atoms with van der Waals surface area (Å²) in [4.78, 5) is 25.9. The van der Waals surface area contributed by atoms with Gasteiger partial charge in [0, 0.05) is 29.2 Å². The molecule has 1 aromatic rings. The molecular formula is C16H19N3O4S. The van der Waals surface area contributed by atoms with E-state index in [1.54, 1.807) is 13.1 Å². The summed E-state index contributed by atoms with van der Waals surface area (Å²) in [5, 5.41) is 27.2. The van der Waals surface area contributed by atoms with Crippen LogP contribution >= 0.6 is 11.8 Å². The molecule has 4 atom stereocenters. The standard InChI is InChI=1S/C16H19N3O4S/c1-8-12-11(9(2)20)15(21)19(12)13(16(22)23)14(8)24-7-5-10-4-3-6-17-18-10/h3-4,6,8-9,11-12,20H,5,7H2,1-2H3,(H,22,23). The number of hydrogen-bond acceptors (Lipinski definition) is 6. The van der Waals surface area contributed by atoms with Crippen LogP contribution in [0, 0.1) is 11.8 Å². The lowest BCUT2D eigenvalue weighted by molar-refractivity contribution is -0.163. The number of fused-ring (bicyclic) bond motifs is 1. The van der Waals surface area contributed by atoms with Crippen LogP contribution in [0.2, 0.25) is 0 Å². The Bertz CT molecular complexity index is 692. The van der Waals surface area contributed by atoms with Crippen LogP contribution in [0.4, 0.5) is 0 Å². The smallest absolute Gasteiger partial charge is 0.353 e. The van der Waals surface area contributed by atoms with Crippen molar-refractivity contribution < 1.29 is 19.8 Å². The molecule has 0 saturated carbocycles. The van der Waals surface area contributed by atoms with Crippen molar-refractivity contribution >= 4 is 23.6 Å². The van der Waals surface area contributed by atoms with Crippen molar-refractivity contribution in [2.45, 2.75) is 32.4 Å². The van der Waals surface area contributed by atoms with E-state index in [0.29, 0.717) is 17.1 Å². The molecule has 3 heterocycles. The van der Waals surface area contributed by atoms with Crippen LogP contribution in [-0.2, 0) is 16.0 Å². The number of carboxylic acids is 1. The van der Waals surface area contributed by atoms with Gasteiger partial charge in [-0.2, -0.15) is 10.2 Å². The van der Waals surface area contributed by atoms with Crippen molar-refractivity contribution in [2.24, 2.45) is 11.8 Å². The van der Waals surface area contributed by atoms with Gasteiger partial charge in [-0.15, -0.1) is 11.8 Å². The van der Waals surface area contributed by atoms with Crippen LogP contribution < -0.4 is 0 Å². The van der Waals surface area contributed by atoms with Crippen LogP contribution in [0.15, 0.2) is 28.9 Å². The van der Waals surface area contributed by atoms with Crippen LogP contribution in [-0.4, -0.2) is 55.1 Å². The van der Waals surface area contributed by atoms with Gasteiger partial charge < -0.3 is 15.1 Å². The van der Waals surface area contributed by atoms with Crippen LogP contribution in [0.25, 0.3) is 0 Å². The SMILES string of the molecule is CC(O)C1C(=O)N2C(C(=O)O)=C(SCCc3cccnn3)C(C)C12. The van der Waals surface area contributed by atoms with Gasteiger partial charge in [0.15, 0.2) is 0 Å². The Morgan fingerprint density at radius 3 is 2.83 bits per heavy atom. The minimum atomic E-state index is -1.09. The van der Waals surface area contributed by atoms with Gasteiger partial charge in [-0.1, -0.05) is 6.92 Å². The predicted octanol–water partition coefficient (Wildman–Crippen LogP) is 0.906. The maximum absolute atomic E-state index is 12.2. The number of hydrogen-bond donors (Lipinski definition) is 2. The van der Waals surface area contributed by atoms with E-state index in [0.717, 1.165) is 5.69 Å². The molecule has 8 heteroatoms. The van der Waals surface area contributed by atoms with E-state index in [9.17, 15) is 19.8 Å². The van der Waals surface area contributed by atoms with E-state index in [1.807, 2.05) is 19.1 Å². The van der Waals surface area contributed by atoms with Gasteiger partial charge in [0.25, 0.3) is 0 Å². The van der Waals surface area contributed by atoms with Crippen molar-refractivity contribution in [1.29, 1.82) is 0 Å². The Hall–Kier alpha value is -1.93. The number of aromatic nitrogens is 2. The maximum Gasteiger partial charge on any atom is 0.353 e. The zero-order valence-corrected chi connectivity index (χ0v) is 14.2. The Labute approximate surface area is 143 Å². The topological polar surface area (TPSA) is 104 Å². The third kappa shape index (κ3) is 2.69. The van der Waals surface area contributed by atoms with Crippen LogP contribution in [0.1, 0.15) is 19.5 Å². The second kappa shape index (κ2) is 6.52. The average molecular weight is 349 g/mol. The first-order valence-electron chi connectivity index (χ1n) is 7.81. The van der Waals surface area contributed by atoms with Crippen molar-refractivity contribution in [3.05, 3.63) is 34.6 Å². The zero-order chi connectivity index (χ0) is 17.4. The molecule has 7 nitrogen and oxygen atoms in total. The van der Waals surface area contributed by atoms with E-state index in [1.165, 1.54) is 16.7 Å². The van der Waals surface area contributed by atoms with Gasteiger partial charge in [0.1, 0.15) is 5.70 Å². The molecule has 0 bridgehead atoms. The predicted molar refractivity (Wildman–Crippen MR) is 87.8 cm³/mol. The fourth-order valence-corrected chi connectivity index (χ4v) is 4.70. The summed E-state index contributed by atoms with van der Waals surface area (Å²) >= 11 is 1.44. The number of aliphatic hydroxyl groups is 1. The van der Waals surface area contributed by atoms with Gasteiger partial charge in [-0.25, -0.2) is 4.79 Å². The number of β-lactam (4-membered cyclic amide) rings is 1. The van der Waals surface area contributed by atoms with E-state index < -0.39 is 18.0 Å². The number of carbonyl (C=O) groups excluding carboxylic acids is 1. The number of amides is 1. The van der Waals surface area contributed by atoms with Gasteiger partial charge in [0.2, 0.25) is 5.91 Å². The lowest BCUT2D eigenvalue weighted by atomic mass is 9.79. The summed E-state index contributed by atoms with van der Waals surface area (Å²) in [6.45, 7) is 3.49. The van der Waals surface area contributed by atoms with E-state index in [-0.39, 0.29) is 23.6 Å². The van der Waals surface area contributed by atoms with E-state index >= 15 is 0 Å². The van der Waals surface area contributed by atoms with Crippen LogP contribution in [0.3, 0.4) is 0 Å². The molecule has 0 radical (unpaired) electrons. The molecule has 1 saturated heterocycles. The molecular weight excluding hydrogens is 330 g/mol. The van der Waals surface area contributed by atoms with Crippen molar-refractivity contribution in [2.75, 3.05) is 5.75 Å². The quantitative estimate of drug-likeness (QED) is 0.736. The minimum Gasteiger partial charge on any atom is -0.477 e. The van der Waals surface area contributed by atoms with Gasteiger partial charge >= 0.3 is 5.97 Å². The lowest BCUT2D eigenvalue weighted by Gasteiger charge is -2.46. The third-order valence-corrected chi connectivity index (χ3v) is 5.84. The second-order valence-corrected chi connectivity index (χ2v) is 7.22. The molecule has 1 amide bonds. The first kappa shape index (κ1) is 16.9. The summed E-state index contributed by atoms with van der Waals surface area (Å²) in [6.07, 6.45) is 1.49. The zero-order valence-electron chi connectivity index (χ0n) is 13.4. The van der Waals surface area contributed by atoms with Crippen molar-refractivity contribution in [1.82, 2.24) is 15.1 Å². The Morgan fingerprint density at radius 2 is 2.25 bits per heavy atom. The molecule has 0 aromatic carbocycles. The van der Waals surface area contributed by atoms with Gasteiger partial charge in [-0.05, 0) is 19.1 Å². The first-order chi connectivity index (χ1) is 11.4. The van der Waals surface area contributed by atoms with E-state index in [4.69, 9.17) is 0 Å². The molecule has 0 aliphatic carbocycles. The number of aryl methyl sites for hydroxylation is 1. The molecule has 24 heavy (non-hydrogen) atoms. The normalized spacial score (nSPS) is 27.0. The highest BCUT2D eigenvalue weighted by Crippen LogP contribution is 2.50. The number of nitrogens with zero attached hydrogens (tertiary/aromatic N) is 3. The summed E-state index contributed by atoms with van der Waals surface area (Å²) in [5.41, 5.74) is 0.910. The number of carboxylic acid groups (broad SMARTS) is 1. The molecule has 4 unspecified atom stereocenters. The fourth-order valence-electron chi connectivity index (χ4n) is 3.45. The monoisotopic (exact) mass is 349 g/mol. The van der Waals surface area contributed by atoms with E-state index in [2.05, 4.69) is 10.2 Å². The molecule has 1 fully saturated rings. The number of aliphatic hydroxyl groups excluding tert-OH is 1. The highest BCUT2D eigenvalue weighted by molar-refractivity contribution is 8.03. The van der Waals surface area contributed by atoms with Crippen molar-refractivity contribution in [3.63, 3.8) is 0 Å². The third-order valence-electron chi connectivity index (χ3n) is 4.55. The largest absolute Gasteiger partial charge is 0.477 e. The second-order valence-electron chi connectivity index (χ2n) is 6.09. The molecule has 2 N–H and O–H groups in total. The highest BCUT2D eigenvalue weighted by atomic mass is 32.2. The van der Waals surface area contributed by atoms with Gasteiger partial charge in [0.05, 0.1) is 23.8 Å². The molecule has 1 aromatic heterocycles. The summed E-state index contributed by atoms with van der Waals surface area (Å²) in [6, 6.07) is 3.42. The Morgan fingerprint density at radius 1 is 1.50 bits per heavy atom. The lowest BCUT2D eigenvalue weighted by Crippen LogP contribution is -2.63. The highest BCUT2D eigenvalue weighted by Gasteiger charge is 2.59. The number of carbonyl (C=O) groups is 2. The summed E-state index contributed by atoms with van der Waals surface area (Å²) in [5.74, 6) is -1.36. The summed E-state index contributed by atoms with van der Waals surface area (Å²) in [7, 11) is 0. The summed E-state index contributed by atoms with van der Waals surface area (Å²) < 4.78 is 0. The van der Waals surface area contributed by atoms with Crippen molar-refractivity contribution in [3.8, 4) is 0 Å². The first-order valence-corrected chi connectivity index (χ1v) is 8.80. The molecule has 128 valence electrons. The minimum absolute atomic E-state index is 0.0681. The molecule has 2 aliphatic rings. The molecule has 2 aliphatic heterocycles. The van der Waals surface area contributed by atoms with Gasteiger partial charge in [-0.3, -0.25) is 4.79 Å². The number of thioether (sulfide) groups is 1. The number of aliphatic carboxylic acids is 1. The molecule has 0 spiro atoms. The van der Waals surface area contributed by atoms with Crippen LogP contribution in [0.5, 0.6) is 0 Å².